The Balaban J connectivity index is 2.36. The molecular weight excluding hydrogens is 455 g/mol. The van der Waals surface area contributed by atoms with Gasteiger partial charge in [0.05, 0.1) is 30.2 Å². The van der Waals surface area contributed by atoms with Crippen molar-refractivity contribution in [3.8, 4) is 12.3 Å². The standard InChI is InChI=1S/C23H24F3N3O5/c1-4-14-5-6-18(17(24)9-14)28-22-16(23(32)29-33-8-7-30)10-15(20(25)21(22)26)11-27-34-12-19(31)13(2)3/h1,5-6,9-10,13,27-28,30H,7-8,11-12H2,2-3H3,(H,29,32). The predicted octanol–water partition coefficient (Wildman–Crippen LogP) is 2.73. The highest BCUT2D eigenvalue weighted by Crippen LogP contribution is 2.30. The van der Waals surface area contributed by atoms with Gasteiger partial charge < -0.3 is 10.4 Å². The predicted molar refractivity (Wildman–Crippen MR) is 117 cm³/mol. The Bertz CT molecular complexity index is 1090. The van der Waals surface area contributed by atoms with Gasteiger partial charge in [0.25, 0.3) is 5.91 Å². The number of hydroxylamine groups is 2. The Kier molecular flexibility index (Phi) is 10.0. The molecule has 0 aliphatic rings. The van der Waals surface area contributed by atoms with Crippen molar-refractivity contribution in [3.63, 3.8) is 0 Å². The summed E-state index contributed by atoms with van der Waals surface area (Å²) in [6.07, 6.45) is 5.22. The van der Waals surface area contributed by atoms with Gasteiger partial charge in [0.2, 0.25) is 0 Å². The first-order valence-electron chi connectivity index (χ1n) is 10.1. The van der Waals surface area contributed by atoms with Crippen molar-refractivity contribution >= 4 is 23.1 Å². The van der Waals surface area contributed by atoms with Gasteiger partial charge in [-0.15, -0.1) is 6.42 Å². The molecule has 0 aliphatic carbocycles. The summed E-state index contributed by atoms with van der Waals surface area (Å²) in [5.41, 5.74) is 2.90. The average molecular weight is 479 g/mol. The van der Waals surface area contributed by atoms with Gasteiger partial charge in [0, 0.05) is 23.6 Å². The maximum atomic E-state index is 15.0. The summed E-state index contributed by atoms with van der Waals surface area (Å²) < 4.78 is 44.1. The molecule has 1 amide bonds. The minimum absolute atomic E-state index is 0.210. The lowest BCUT2D eigenvalue weighted by molar-refractivity contribution is -0.129. The molecular formula is C23H24F3N3O5. The van der Waals surface area contributed by atoms with Crippen molar-refractivity contribution < 1.29 is 37.5 Å². The lowest BCUT2D eigenvalue weighted by atomic mass is 10.1. The molecule has 11 heteroatoms. The summed E-state index contributed by atoms with van der Waals surface area (Å²) in [6.45, 7) is 2.01. The Morgan fingerprint density at radius 1 is 1.15 bits per heavy atom. The number of ketones is 1. The molecule has 8 nitrogen and oxygen atoms in total. The van der Waals surface area contributed by atoms with E-state index in [4.69, 9.17) is 21.2 Å². The first kappa shape index (κ1) is 26.8. The minimum atomic E-state index is -1.47. The number of aliphatic hydroxyl groups excluding tert-OH is 1. The van der Waals surface area contributed by atoms with Crippen LogP contribution in [0.4, 0.5) is 24.5 Å². The second-order valence-electron chi connectivity index (χ2n) is 7.28. The molecule has 0 fully saturated rings. The number of carbonyl (C=O) groups excluding carboxylic acids is 2. The zero-order valence-electron chi connectivity index (χ0n) is 18.5. The number of amides is 1. The molecule has 0 saturated heterocycles. The van der Waals surface area contributed by atoms with Gasteiger partial charge in [-0.1, -0.05) is 19.8 Å². The molecule has 2 rings (SSSR count). The third kappa shape index (κ3) is 7.03. The van der Waals surface area contributed by atoms with Crippen molar-refractivity contribution in [3.05, 3.63) is 58.4 Å². The molecule has 0 saturated carbocycles. The fourth-order valence-corrected chi connectivity index (χ4v) is 2.58. The molecule has 2 aromatic rings. The molecule has 0 atom stereocenters. The van der Waals surface area contributed by atoms with Crippen LogP contribution in [0.3, 0.4) is 0 Å². The van der Waals surface area contributed by atoms with Crippen LogP contribution in [0.2, 0.25) is 0 Å². The minimum Gasteiger partial charge on any atom is -0.394 e. The molecule has 0 aromatic heterocycles. The number of aliphatic hydroxyl groups is 1. The SMILES string of the molecule is C#Cc1ccc(Nc2c(C(=O)NOCCO)cc(CNOCC(=O)C(C)C)c(F)c2F)c(F)c1. The smallest absolute Gasteiger partial charge is 0.277 e. The number of hydrogen-bond acceptors (Lipinski definition) is 7. The number of benzene rings is 2. The fourth-order valence-electron chi connectivity index (χ4n) is 2.58. The second-order valence-corrected chi connectivity index (χ2v) is 7.28. The summed E-state index contributed by atoms with van der Waals surface area (Å²) in [5, 5.41) is 11.2. The van der Waals surface area contributed by atoms with E-state index in [9.17, 15) is 18.4 Å². The Morgan fingerprint density at radius 3 is 2.50 bits per heavy atom. The molecule has 182 valence electrons. The summed E-state index contributed by atoms with van der Waals surface area (Å²) >= 11 is 0. The number of hydrogen-bond donors (Lipinski definition) is 4. The highest BCUT2D eigenvalue weighted by Gasteiger charge is 2.24. The van der Waals surface area contributed by atoms with Crippen LogP contribution in [0.15, 0.2) is 24.3 Å². The van der Waals surface area contributed by atoms with Crippen LogP contribution >= 0.6 is 0 Å². The van der Waals surface area contributed by atoms with Crippen LogP contribution in [-0.4, -0.2) is 36.6 Å². The third-order valence-electron chi connectivity index (χ3n) is 4.50. The monoisotopic (exact) mass is 479 g/mol. The first-order chi connectivity index (χ1) is 16.2. The zero-order valence-corrected chi connectivity index (χ0v) is 18.5. The Hall–Kier alpha value is -3.43. The van der Waals surface area contributed by atoms with E-state index < -0.39 is 47.8 Å². The summed E-state index contributed by atoms with van der Waals surface area (Å²) in [5.74, 6) is -2.89. The van der Waals surface area contributed by atoms with Gasteiger partial charge in [-0.25, -0.2) is 18.7 Å². The highest BCUT2D eigenvalue weighted by atomic mass is 19.2. The summed E-state index contributed by atoms with van der Waals surface area (Å²) in [7, 11) is 0. The van der Waals surface area contributed by atoms with Crippen molar-refractivity contribution in [2.24, 2.45) is 5.92 Å². The number of rotatable bonds is 12. The maximum Gasteiger partial charge on any atom is 0.277 e. The second kappa shape index (κ2) is 12.7. The van der Waals surface area contributed by atoms with E-state index in [0.29, 0.717) is 0 Å². The number of terminal acetylenes is 1. The fraction of sp³-hybridized carbons (Fsp3) is 0.304. The molecule has 0 heterocycles. The molecule has 34 heavy (non-hydrogen) atoms. The molecule has 0 bridgehead atoms. The van der Waals surface area contributed by atoms with Crippen molar-refractivity contribution in [1.82, 2.24) is 11.0 Å². The maximum absolute atomic E-state index is 15.0. The molecule has 0 radical (unpaired) electrons. The van der Waals surface area contributed by atoms with Gasteiger partial charge in [0.1, 0.15) is 12.4 Å². The number of Topliss-reactive ketones (excluding diaryl/α,β-unsaturated/α-hetero) is 1. The highest BCUT2D eigenvalue weighted by molar-refractivity contribution is 6.00. The quantitative estimate of drug-likeness (QED) is 0.211. The average Bonchev–Trinajstić information content (AvgIpc) is 2.81. The molecule has 0 spiro atoms. The van der Waals surface area contributed by atoms with Gasteiger partial charge >= 0.3 is 0 Å². The van der Waals surface area contributed by atoms with Gasteiger partial charge in [0.15, 0.2) is 17.4 Å². The molecule has 0 aliphatic heterocycles. The third-order valence-corrected chi connectivity index (χ3v) is 4.50. The molecule has 4 N–H and O–H groups in total. The zero-order chi connectivity index (χ0) is 25.3. The lowest BCUT2D eigenvalue weighted by Gasteiger charge is -2.17. The number of carbonyl (C=O) groups is 2. The Labute approximate surface area is 194 Å². The van der Waals surface area contributed by atoms with E-state index in [0.717, 1.165) is 12.1 Å². The van der Waals surface area contributed by atoms with Crippen LogP contribution in [0, 0.1) is 35.7 Å². The van der Waals surface area contributed by atoms with Crippen LogP contribution in [0.5, 0.6) is 0 Å². The van der Waals surface area contributed by atoms with E-state index in [1.807, 2.05) is 5.48 Å². The van der Waals surface area contributed by atoms with E-state index in [-0.39, 0.29) is 41.7 Å². The van der Waals surface area contributed by atoms with Crippen molar-refractivity contribution in [1.29, 1.82) is 0 Å². The van der Waals surface area contributed by atoms with Gasteiger partial charge in [-0.2, -0.15) is 5.48 Å². The van der Waals surface area contributed by atoms with Crippen LogP contribution in [0.25, 0.3) is 0 Å². The molecule has 2 aromatic carbocycles. The molecule has 0 unspecified atom stereocenters. The normalized spacial score (nSPS) is 10.8. The number of anilines is 2. The van der Waals surface area contributed by atoms with E-state index in [1.165, 1.54) is 12.1 Å². The van der Waals surface area contributed by atoms with Gasteiger partial charge in [-0.3, -0.25) is 19.3 Å². The number of halogens is 3. The lowest BCUT2D eigenvalue weighted by Crippen LogP contribution is -2.27. The summed E-state index contributed by atoms with van der Waals surface area (Å²) in [6, 6.07) is 4.60. The van der Waals surface area contributed by atoms with Crippen LogP contribution in [-0.2, 0) is 21.0 Å². The van der Waals surface area contributed by atoms with Crippen molar-refractivity contribution in [2.45, 2.75) is 20.4 Å². The van der Waals surface area contributed by atoms with Crippen LogP contribution < -0.4 is 16.3 Å². The summed E-state index contributed by atoms with van der Waals surface area (Å²) in [4.78, 5) is 33.9. The first-order valence-corrected chi connectivity index (χ1v) is 10.1. The number of nitrogens with one attached hydrogen (secondary N) is 3. The Morgan fingerprint density at radius 2 is 1.88 bits per heavy atom. The van der Waals surface area contributed by atoms with Crippen molar-refractivity contribution in [2.75, 3.05) is 25.1 Å². The van der Waals surface area contributed by atoms with Gasteiger partial charge in [-0.05, 0) is 24.3 Å². The topological polar surface area (TPSA) is 109 Å². The largest absolute Gasteiger partial charge is 0.394 e. The van der Waals surface area contributed by atoms with E-state index in [1.54, 1.807) is 13.8 Å². The van der Waals surface area contributed by atoms with E-state index >= 15 is 4.39 Å². The van der Waals surface area contributed by atoms with Crippen LogP contribution in [0.1, 0.15) is 35.3 Å². The van der Waals surface area contributed by atoms with E-state index in [2.05, 4.69) is 16.7 Å².